The maximum Gasteiger partial charge on any atom is 0.0540 e. The van der Waals surface area contributed by atoms with Gasteiger partial charge in [-0.2, -0.15) is 5.10 Å². The molecule has 1 unspecified atom stereocenters. The third kappa shape index (κ3) is 2.40. The Bertz CT molecular complexity index is 449. The SMILES string of the molecule is Cc1c(C(CN)N2CCC3(CCCC3)CC2)cnn1C. The van der Waals surface area contributed by atoms with Gasteiger partial charge in [-0.25, -0.2) is 0 Å². The van der Waals surface area contributed by atoms with Crippen LogP contribution in [0.2, 0.25) is 0 Å². The molecule has 2 aliphatic rings. The molecule has 0 amide bonds. The molecule has 1 atom stereocenters. The van der Waals surface area contributed by atoms with E-state index < -0.39 is 0 Å². The van der Waals surface area contributed by atoms with Crippen molar-refractivity contribution in [1.29, 1.82) is 0 Å². The number of rotatable bonds is 3. The summed E-state index contributed by atoms with van der Waals surface area (Å²) >= 11 is 0. The molecule has 1 aliphatic carbocycles. The lowest BCUT2D eigenvalue weighted by molar-refractivity contribution is 0.0778. The molecular formula is C16H28N4. The Morgan fingerprint density at radius 1 is 1.25 bits per heavy atom. The molecule has 112 valence electrons. The maximum atomic E-state index is 6.08. The van der Waals surface area contributed by atoms with E-state index in [1.165, 1.54) is 62.9 Å². The molecular weight excluding hydrogens is 248 g/mol. The highest BCUT2D eigenvalue weighted by Gasteiger charge is 2.38. The summed E-state index contributed by atoms with van der Waals surface area (Å²) in [4.78, 5) is 2.59. The van der Waals surface area contributed by atoms with E-state index in [1.54, 1.807) is 0 Å². The van der Waals surface area contributed by atoms with Crippen LogP contribution in [0.25, 0.3) is 0 Å². The van der Waals surface area contributed by atoms with Crippen molar-refractivity contribution < 1.29 is 0 Å². The summed E-state index contributed by atoms with van der Waals surface area (Å²) in [5.41, 5.74) is 9.33. The molecule has 1 aromatic rings. The zero-order valence-corrected chi connectivity index (χ0v) is 12.9. The van der Waals surface area contributed by atoms with Crippen molar-refractivity contribution in [1.82, 2.24) is 14.7 Å². The van der Waals surface area contributed by atoms with Crippen LogP contribution in [0.5, 0.6) is 0 Å². The topological polar surface area (TPSA) is 47.1 Å². The lowest BCUT2D eigenvalue weighted by Crippen LogP contribution is -2.43. The van der Waals surface area contributed by atoms with Crippen molar-refractivity contribution in [2.75, 3.05) is 19.6 Å². The Kier molecular flexibility index (Phi) is 3.87. The van der Waals surface area contributed by atoms with Gasteiger partial charge in [-0.1, -0.05) is 12.8 Å². The molecule has 0 radical (unpaired) electrons. The Hall–Kier alpha value is -0.870. The van der Waals surface area contributed by atoms with E-state index in [2.05, 4.69) is 16.9 Å². The van der Waals surface area contributed by atoms with E-state index in [1.807, 2.05) is 17.9 Å². The Labute approximate surface area is 122 Å². The van der Waals surface area contributed by atoms with Crippen LogP contribution in [0.15, 0.2) is 6.20 Å². The first-order valence-electron chi connectivity index (χ1n) is 8.08. The number of aryl methyl sites for hydroxylation is 1. The van der Waals surface area contributed by atoms with Crippen LogP contribution >= 0.6 is 0 Å². The fourth-order valence-electron chi connectivity index (χ4n) is 4.25. The highest BCUT2D eigenvalue weighted by atomic mass is 15.3. The Morgan fingerprint density at radius 3 is 2.40 bits per heavy atom. The predicted molar refractivity (Wildman–Crippen MR) is 81.4 cm³/mol. The van der Waals surface area contributed by atoms with Gasteiger partial charge in [-0.15, -0.1) is 0 Å². The zero-order chi connectivity index (χ0) is 14.2. The van der Waals surface area contributed by atoms with E-state index in [4.69, 9.17) is 5.73 Å². The van der Waals surface area contributed by atoms with Crippen molar-refractivity contribution in [3.63, 3.8) is 0 Å². The van der Waals surface area contributed by atoms with Gasteiger partial charge < -0.3 is 5.73 Å². The molecule has 4 nitrogen and oxygen atoms in total. The highest BCUT2D eigenvalue weighted by Crippen LogP contribution is 2.47. The van der Waals surface area contributed by atoms with Gasteiger partial charge in [0, 0.05) is 24.8 Å². The zero-order valence-electron chi connectivity index (χ0n) is 12.9. The van der Waals surface area contributed by atoms with Crippen molar-refractivity contribution in [2.45, 2.75) is 51.5 Å². The van der Waals surface area contributed by atoms with Crippen molar-refractivity contribution in [3.05, 3.63) is 17.5 Å². The fourth-order valence-corrected chi connectivity index (χ4v) is 4.25. The second-order valence-corrected chi connectivity index (χ2v) is 6.80. The lowest BCUT2D eigenvalue weighted by atomic mass is 9.76. The first-order valence-corrected chi connectivity index (χ1v) is 8.08. The minimum Gasteiger partial charge on any atom is -0.329 e. The number of hydrogen-bond acceptors (Lipinski definition) is 3. The van der Waals surface area contributed by atoms with Gasteiger partial charge in [-0.3, -0.25) is 9.58 Å². The van der Waals surface area contributed by atoms with Gasteiger partial charge >= 0.3 is 0 Å². The van der Waals surface area contributed by atoms with Crippen LogP contribution in [-0.4, -0.2) is 34.3 Å². The van der Waals surface area contributed by atoms with E-state index in [-0.39, 0.29) is 0 Å². The summed E-state index contributed by atoms with van der Waals surface area (Å²) < 4.78 is 1.96. The average Bonchev–Trinajstić information content (AvgIpc) is 3.04. The van der Waals surface area contributed by atoms with Crippen molar-refractivity contribution in [2.24, 2.45) is 18.2 Å². The number of nitrogens with zero attached hydrogens (tertiary/aromatic N) is 3. The molecule has 2 fully saturated rings. The van der Waals surface area contributed by atoms with E-state index >= 15 is 0 Å². The molecule has 0 bridgehead atoms. The largest absolute Gasteiger partial charge is 0.329 e. The first kappa shape index (κ1) is 14.1. The summed E-state index contributed by atoms with van der Waals surface area (Å²) in [6.45, 7) is 5.25. The van der Waals surface area contributed by atoms with Gasteiger partial charge in [0.15, 0.2) is 0 Å². The van der Waals surface area contributed by atoms with Crippen molar-refractivity contribution in [3.8, 4) is 0 Å². The number of nitrogens with two attached hydrogens (primary N) is 1. The Balaban J connectivity index is 1.70. The van der Waals surface area contributed by atoms with E-state index in [0.717, 1.165) is 0 Å². The van der Waals surface area contributed by atoms with Crippen LogP contribution < -0.4 is 5.73 Å². The van der Waals surface area contributed by atoms with Gasteiger partial charge in [0.1, 0.15) is 0 Å². The maximum absolute atomic E-state index is 6.08. The minimum atomic E-state index is 0.349. The second kappa shape index (κ2) is 5.49. The van der Waals surface area contributed by atoms with E-state index in [0.29, 0.717) is 18.0 Å². The molecule has 1 saturated carbocycles. The molecule has 2 N–H and O–H groups in total. The predicted octanol–water partition coefficient (Wildman–Crippen LogP) is 2.38. The first-order chi connectivity index (χ1) is 9.65. The summed E-state index contributed by atoms with van der Waals surface area (Å²) in [6, 6.07) is 0.349. The monoisotopic (exact) mass is 276 g/mol. The second-order valence-electron chi connectivity index (χ2n) is 6.80. The van der Waals surface area contributed by atoms with Crippen LogP contribution in [0.1, 0.15) is 55.8 Å². The molecule has 1 aromatic heterocycles. The quantitative estimate of drug-likeness (QED) is 0.922. The average molecular weight is 276 g/mol. The number of hydrogen-bond donors (Lipinski definition) is 1. The van der Waals surface area contributed by atoms with Gasteiger partial charge in [0.2, 0.25) is 0 Å². The molecule has 20 heavy (non-hydrogen) atoms. The number of aromatic nitrogens is 2. The summed E-state index contributed by atoms with van der Waals surface area (Å²) in [6.07, 6.45) is 10.5. The molecule has 0 aromatic carbocycles. The lowest BCUT2D eigenvalue weighted by Gasteiger charge is -2.42. The molecule has 2 heterocycles. The normalized spacial score (nSPS) is 24.4. The van der Waals surface area contributed by atoms with E-state index in [9.17, 15) is 0 Å². The number of piperidine rings is 1. The summed E-state index contributed by atoms with van der Waals surface area (Å²) in [5.74, 6) is 0. The van der Waals surface area contributed by atoms with Crippen LogP contribution in [-0.2, 0) is 7.05 Å². The van der Waals surface area contributed by atoms with Gasteiger partial charge in [-0.05, 0) is 51.1 Å². The summed E-state index contributed by atoms with van der Waals surface area (Å²) in [7, 11) is 2.01. The van der Waals surface area contributed by atoms with Crippen LogP contribution in [0.4, 0.5) is 0 Å². The molecule has 1 aliphatic heterocycles. The summed E-state index contributed by atoms with van der Waals surface area (Å²) in [5, 5.41) is 4.39. The smallest absolute Gasteiger partial charge is 0.0540 e. The minimum absolute atomic E-state index is 0.349. The third-order valence-electron chi connectivity index (χ3n) is 5.82. The van der Waals surface area contributed by atoms with Gasteiger partial charge in [0.05, 0.1) is 12.2 Å². The van der Waals surface area contributed by atoms with Crippen molar-refractivity contribution >= 4 is 0 Å². The van der Waals surface area contributed by atoms with Gasteiger partial charge in [0.25, 0.3) is 0 Å². The Morgan fingerprint density at radius 2 is 1.90 bits per heavy atom. The molecule has 3 rings (SSSR count). The third-order valence-corrected chi connectivity index (χ3v) is 5.82. The molecule has 1 spiro atoms. The molecule has 4 heteroatoms. The highest BCUT2D eigenvalue weighted by molar-refractivity contribution is 5.21. The fraction of sp³-hybridized carbons (Fsp3) is 0.812. The van der Waals surface area contributed by atoms with Crippen LogP contribution in [0.3, 0.4) is 0 Å². The molecule has 1 saturated heterocycles. The van der Waals surface area contributed by atoms with Crippen LogP contribution in [0, 0.1) is 12.3 Å². The standard InChI is InChI=1S/C16H28N4/c1-13-14(12-18-19(13)2)15(11-17)20-9-7-16(8-10-20)5-3-4-6-16/h12,15H,3-11,17H2,1-2H3. The number of likely N-dealkylation sites (tertiary alicyclic amines) is 1.